The molecule has 1 heterocycles. The van der Waals surface area contributed by atoms with Gasteiger partial charge >= 0.3 is 5.97 Å². The first-order chi connectivity index (χ1) is 12.4. The summed E-state index contributed by atoms with van der Waals surface area (Å²) in [6.07, 6.45) is 0.911. The number of rotatable bonds is 8. The molecule has 0 aliphatic rings. The molecule has 0 fully saturated rings. The van der Waals surface area contributed by atoms with Gasteiger partial charge in [0, 0.05) is 11.4 Å². The number of methoxy groups -OCH3 is 1. The minimum Gasteiger partial charge on any atom is -0.494 e. The van der Waals surface area contributed by atoms with Crippen LogP contribution in [-0.4, -0.2) is 25.6 Å². The molecule has 1 aromatic carbocycles. The number of benzene rings is 1. The Morgan fingerprint density at radius 3 is 2.69 bits per heavy atom. The van der Waals surface area contributed by atoms with Crippen molar-refractivity contribution in [1.82, 2.24) is 5.32 Å². The van der Waals surface area contributed by atoms with E-state index in [1.165, 1.54) is 7.11 Å². The lowest BCUT2D eigenvalue weighted by Crippen LogP contribution is -2.22. The lowest BCUT2D eigenvalue weighted by atomic mass is 10.2. The Kier molecular flexibility index (Phi) is 7.09. The monoisotopic (exact) mass is 379 g/mol. The van der Waals surface area contributed by atoms with Crippen molar-refractivity contribution in [3.05, 3.63) is 51.9 Å². The number of aryl methyl sites for hydroxylation is 2. The molecule has 6 nitrogen and oxygen atoms in total. The van der Waals surface area contributed by atoms with Crippen LogP contribution in [0.3, 0.4) is 0 Å². The van der Waals surface area contributed by atoms with Gasteiger partial charge in [0.05, 0.1) is 20.3 Å². The van der Waals surface area contributed by atoms with Crippen LogP contribution in [0.25, 0.3) is 0 Å². The summed E-state index contributed by atoms with van der Waals surface area (Å²) in [5.41, 5.74) is 1.31. The van der Waals surface area contributed by atoms with E-state index in [-0.39, 0.29) is 12.5 Å². The van der Waals surface area contributed by atoms with Crippen LogP contribution >= 0.6 is 11.6 Å². The van der Waals surface area contributed by atoms with E-state index in [0.717, 1.165) is 11.3 Å². The highest BCUT2D eigenvalue weighted by atomic mass is 35.5. The fourth-order valence-corrected chi connectivity index (χ4v) is 2.46. The molecule has 140 valence electrons. The number of carbonyl (C=O) groups is 2. The van der Waals surface area contributed by atoms with Crippen molar-refractivity contribution >= 4 is 23.5 Å². The number of hydrogen-bond acceptors (Lipinski definition) is 5. The molecule has 0 aliphatic heterocycles. The van der Waals surface area contributed by atoms with Crippen LogP contribution in [-0.2, 0) is 16.1 Å². The van der Waals surface area contributed by atoms with Crippen molar-refractivity contribution in [2.75, 3.05) is 13.7 Å². The third kappa shape index (κ3) is 5.52. The predicted molar refractivity (Wildman–Crippen MR) is 97.5 cm³/mol. The van der Waals surface area contributed by atoms with Crippen LogP contribution in [0.2, 0.25) is 5.02 Å². The van der Waals surface area contributed by atoms with Crippen LogP contribution in [0.1, 0.15) is 40.3 Å². The predicted octanol–water partition coefficient (Wildman–Crippen LogP) is 3.81. The van der Waals surface area contributed by atoms with Crippen LogP contribution in [0.5, 0.6) is 5.75 Å². The maximum Gasteiger partial charge on any atom is 0.341 e. The Hall–Kier alpha value is -2.47. The Morgan fingerprint density at radius 2 is 2.00 bits per heavy atom. The van der Waals surface area contributed by atoms with Gasteiger partial charge in [-0.25, -0.2) is 4.79 Å². The first-order valence-electron chi connectivity index (χ1n) is 8.24. The molecule has 0 radical (unpaired) electrons. The molecular formula is C19H22ClNO5. The SMILES string of the molecule is COC(=O)c1cc(CNC(=O)CCCOc2ccc(Cl)c(C)c2)oc1C. The zero-order valence-electron chi connectivity index (χ0n) is 15.1. The molecule has 0 aliphatic carbocycles. The summed E-state index contributed by atoms with van der Waals surface area (Å²) < 4.78 is 15.7. The molecule has 0 saturated carbocycles. The molecule has 0 unspecified atom stereocenters. The van der Waals surface area contributed by atoms with Gasteiger partial charge in [0.1, 0.15) is 22.8 Å². The van der Waals surface area contributed by atoms with E-state index in [2.05, 4.69) is 10.1 Å². The van der Waals surface area contributed by atoms with E-state index in [0.29, 0.717) is 41.6 Å². The van der Waals surface area contributed by atoms with E-state index < -0.39 is 5.97 Å². The highest BCUT2D eigenvalue weighted by Crippen LogP contribution is 2.21. The largest absolute Gasteiger partial charge is 0.494 e. The van der Waals surface area contributed by atoms with Crippen LogP contribution in [0.15, 0.2) is 28.7 Å². The van der Waals surface area contributed by atoms with Gasteiger partial charge in [0.15, 0.2) is 0 Å². The first-order valence-corrected chi connectivity index (χ1v) is 8.61. The topological polar surface area (TPSA) is 77.8 Å². The van der Waals surface area contributed by atoms with Gasteiger partial charge < -0.3 is 19.2 Å². The molecule has 0 spiro atoms. The third-order valence-electron chi connectivity index (χ3n) is 3.78. The first kappa shape index (κ1) is 19.8. The molecule has 0 saturated heterocycles. The molecule has 1 aromatic heterocycles. The van der Waals surface area contributed by atoms with Gasteiger partial charge in [0.25, 0.3) is 0 Å². The van der Waals surface area contributed by atoms with Crippen molar-refractivity contribution in [2.45, 2.75) is 33.2 Å². The lowest BCUT2D eigenvalue weighted by molar-refractivity contribution is -0.121. The second kappa shape index (κ2) is 9.29. The minimum absolute atomic E-state index is 0.116. The number of hydrogen-bond donors (Lipinski definition) is 1. The molecule has 7 heteroatoms. The van der Waals surface area contributed by atoms with Gasteiger partial charge in [0.2, 0.25) is 5.91 Å². The van der Waals surface area contributed by atoms with Crippen LogP contribution in [0, 0.1) is 13.8 Å². The molecule has 1 N–H and O–H groups in total. The van der Waals surface area contributed by atoms with Crippen molar-refractivity contribution < 1.29 is 23.5 Å². The number of ether oxygens (including phenoxy) is 2. The van der Waals surface area contributed by atoms with E-state index in [4.69, 9.17) is 20.8 Å². The van der Waals surface area contributed by atoms with Crippen molar-refractivity contribution in [3.63, 3.8) is 0 Å². The Balaban J connectivity index is 1.70. The summed E-state index contributed by atoms with van der Waals surface area (Å²) in [6.45, 7) is 4.23. The average Bonchev–Trinajstić information content (AvgIpc) is 3.00. The number of furan rings is 1. The fraction of sp³-hybridized carbons (Fsp3) is 0.368. The standard InChI is InChI=1S/C19H22ClNO5/c1-12-9-14(6-7-17(12)20)25-8-4-5-18(22)21-11-15-10-16(13(2)26-15)19(23)24-3/h6-7,9-10H,4-5,8,11H2,1-3H3,(H,21,22). The molecule has 0 atom stereocenters. The van der Waals surface area contributed by atoms with Crippen LogP contribution < -0.4 is 10.1 Å². The Bertz CT molecular complexity index is 784. The molecule has 2 aromatic rings. The minimum atomic E-state index is -0.460. The number of esters is 1. The summed E-state index contributed by atoms with van der Waals surface area (Å²) in [5, 5.41) is 3.45. The Labute approximate surface area is 157 Å². The maximum absolute atomic E-state index is 11.9. The smallest absolute Gasteiger partial charge is 0.341 e. The zero-order chi connectivity index (χ0) is 19.1. The number of halogens is 1. The highest BCUT2D eigenvalue weighted by molar-refractivity contribution is 6.31. The summed E-state index contributed by atoms with van der Waals surface area (Å²) in [6, 6.07) is 7.02. The summed E-state index contributed by atoms with van der Waals surface area (Å²) in [7, 11) is 1.31. The Morgan fingerprint density at radius 1 is 1.23 bits per heavy atom. The van der Waals surface area contributed by atoms with Gasteiger partial charge in [-0.15, -0.1) is 0 Å². The normalized spacial score (nSPS) is 10.5. The summed E-state index contributed by atoms with van der Waals surface area (Å²) >= 11 is 5.96. The highest BCUT2D eigenvalue weighted by Gasteiger charge is 2.15. The average molecular weight is 380 g/mol. The summed E-state index contributed by atoms with van der Waals surface area (Å²) in [5.74, 6) is 1.12. The van der Waals surface area contributed by atoms with E-state index in [9.17, 15) is 9.59 Å². The fourth-order valence-electron chi connectivity index (χ4n) is 2.35. The van der Waals surface area contributed by atoms with E-state index in [1.807, 2.05) is 13.0 Å². The van der Waals surface area contributed by atoms with Crippen molar-refractivity contribution in [3.8, 4) is 5.75 Å². The zero-order valence-corrected chi connectivity index (χ0v) is 15.8. The lowest BCUT2D eigenvalue weighted by Gasteiger charge is -2.08. The second-order valence-electron chi connectivity index (χ2n) is 5.81. The van der Waals surface area contributed by atoms with Gasteiger partial charge in [-0.05, 0) is 50.1 Å². The quantitative estimate of drug-likeness (QED) is 0.557. The van der Waals surface area contributed by atoms with Gasteiger partial charge in [-0.1, -0.05) is 11.6 Å². The second-order valence-corrected chi connectivity index (χ2v) is 6.22. The van der Waals surface area contributed by atoms with Gasteiger partial charge in [-0.3, -0.25) is 4.79 Å². The van der Waals surface area contributed by atoms with Gasteiger partial charge in [-0.2, -0.15) is 0 Å². The molecule has 2 rings (SSSR count). The number of amides is 1. The van der Waals surface area contributed by atoms with E-state index >= 15 is 0 Å². The van der Waals surface area contributed by atoms with Crippen molar-refractivity contribution in [1.29, 1.82) is 0 Å². The molecule has 26 heavy (non-hydrogen) atoms. The maximum atomic E-state index is 11.9. The van der Waals surface area contributed by atoms with E-state index in [1.54, 1.807) is 25.1 Å². The number of carbonyl (C=O) groups excluding carboxylic acids is 2. The van der Waals surface area contributed by atoms with Crippen molar-refractivity contribution in [2.24, 2.45) is 0 Å². The summed E-state index contributed by atoms with van der Waals surface area (Å²) in [4.78, 5) is 23.4. The molecule has 0 bridgehead atoms. The van der Waals surface area contributed by atoms with Crippen LogP contribution in [0.4, 0.5) is 0 Å². The third-order valence-corrected chi connectivity index (χ3v) is 4.20. The molecular weight excluding hydrogens is 358 g/mol. The molecule has 1 amide bonds. The number of nitrogens with one attached hydrogen (secondary N) is 1.